The summed E-state index contributed by atoms with van der Waals surface area (Å²) in [6, 6.07) is 15.8. The number of halogens is 2. The standard InChI is InChI=1S/C23H20ClFN2O4S/c1-3-13-27(21-9-4-5-10-22(21)31-2)32(29,30)18-11-12-20(24)19(15-18)23(28)26-17-8-6-7-16(25)14-17/h3-12,14-15H,1,13H2,2H3,(H,26,28). The number of amides is 1. The normalized spacial score (nSPS) is 11.0. The number of nitrogens with one attached hydrogen (secondary N) is 1. The number of carbonyl (C=O) groups excluding carboxylic acids is 1. The summed E-state index contributed by atoms with van der Waals surface area (Å²) >= 11 is 6.16. The number of hydrogen-bond donors (Lipinski definition) is 1. The van der Waals surface area contributed by atoms with E-state index in [0.29, 0.717) is 11.4 Å². The molecule has 0 aliphatic heterocycles. The second-order valence-electron chi connectivity index (χ2n) is 6.60. The summed E-state index contributed by atoms with van der Waals surface area (Å²) in [7, 11) is -2.68. The fourth-order valence-electron chi connectivity index (χ4n) is 3.01. The van der Waals surface area contributed by atoms with E-state index >= 15 is 0 Å². The van der Waals surface area contributed by atoms with Crippen molar-refractivity contribution >= 4 is 38.9 Å². The zero-order valence-electron chi connectivity index (χ0n) is 17.1. The molecular formula is C23H20ClFN2O4S. The molecule has 0 saturated carbocycles. The molecule has 6 nitrogen and oxygen atoms in total. The number of methoxy groups -OCH3 is 1. The second kappa shape index (κ2) is 9.84. The molecule has 3 aromatic carbocycles. The fourth-order valence-corrected chi connectivity index (χ4v) is 4.69. The van der Waals surface area contributed by atoms with Crippen molar-refractivity contribution < 1.29 is 22.3 Å². The number of hydrogen-bond acceptors (Lipinski definition) is 4. The number of ether oxygens (including phenoxy) is 1. The first-order chi connectivity index (χ1) is 15.3. The maximum absolute atomic E-state index is 13.5. The number of anilines is 2. The lowest BCUT2D eigenvalue weighted by molar-refractivity contribution is 0.102. The van der Waals surface area contributed by atoms with Gasteiger partial charge in [-0.15, -0.1) is 6.58 Å². The highest BCUT2D eigenvalue weighted by Gasteiger charge is 2.28. The van der Waals surface area contributed by atoms with Gasteiger partial charge in [-0.3, -0.25) is 9.10 Å². The molecule has 0 aliphatic carbocycles. The number of rotatable bonds is 8. The van der Waals surface area contributed by atoms with Crippen LogP contribution in [0.2, 0.25) is 5.02 Å². The Kier molecular flexibility index (Phi) is 7.17. The molecule has 0 heterocycles. The smallest absolute Gasteiger partial charge is 0.264 e. The van der Waals surface area contributed by atoms with Crippen LogP contribution in [0.15, 0.2) is 84.3 Å². The summed E-state index contributed by atoms with van der Waals surface area (Å²) < 4.78 is 46.8. The molecule has 0 bridgehead atoms. The van der Waals surface area contributed by atoms with Crippen LogP contribution in [0.5, 0.6) is 5.75 Å². The maximum Gasteiger partial charge on any atom is 0.264 e. The van der Waals surface area contributed by atoms with Crippen LogP contribution in [0.3, 0.4) is 0 Å². The van der Waals surface area contributed by atoms with Gasteiger partial charge in [0.05, 0.1) is 34.8 Å². The van der Waals surface area contributed by atoms with Crippen LogP contribution in [0.25, 0.3) is 0 Å². The zero-order valence-corrected chi connectivity index (χ0v) is 18.7. The quantitative estimate of drug-likeness (QED) is 0.460. The average molecular weight is 475 g/mol. The predicted molar refractivity (Wildman–Crippen MR) is 124 cm³/mol. The Hall–Kier alpha value is -3.36. The van der Waals surface area contributed by atoms with Gasteiger partial charge >= 0.3 is 0 Å². The summed E-state index contributed by atoms with van der Waals surface area (Å²) in [6.45, 7) is 3.61. The van der Waals surface area contributed by atoms with Crippen LogP contribution >= 0.6 is 11.6 Å². The summed E-state index contributed by atoms with van der Waals surface area (Å²) in [4.78, 5) is 12.6. The Balaban J connectivity index is 2.02. The first-order valence-corrected chi connectivity index (χ1v) is 11.2. The molecule has 0 fully saturated rings. The van der Waals surface area contributed by atoms with Gasteiger partial charge in [-0.25, -0.2) is 12.8 Å². The molecule has 0 spiro atoms. The molecule has 1 amide bonds. The van der Waals surface area contributed by atoms with Crippen molar-refractivity contribution in [1.82, 2.24) is 0 Å². The number of para-hydroxylation sites is 2. The number of benzene rings is 3. The molecule has 0 unspecified atom stereocenters. The molecule has 1 N–H and O–H groups in total. The molecule has 9 heteroatoms. The van der Waals surface area contributed by atoms with Gasteiger partial charge in [-0.2, -0.15) is 0 Å². The van der Waals surface area contributed by atoms with Gasteiger partial charge in [0, 0.05) is 5.69 Å². The number of carbonyl (C=O) groups is 1. The second-order valence-corrected chi connectivity index (χ2v) is 8.87. The van der Waals surface area contributed by atoms with Crippen molar-refractivity contribution in [2.75, 3.05) is 23.3 Å². The van der Waals surface area contributed by atoms with Gasteiger partial charge in [-0.05, 0) is 48.5 Å². The van der Waals surface area contributed by atoms with Crippen LogP contribution < -0.4 is 14.4 Å². The SMILES string of the molecule is C=CCN(c1ccccc1OC)S(=O)(=O)c1ccc(Cl)c(C(=O)Nc2cccc(F)c2)c1. The molecular weight excluding hydrogens is 455 g/mol. The minimum atomic E-state index is -4.12. The Labute approximate surface area is 190 Å². The van der Waals surface area contributed by atoms with E-state index in [0.717, 1.165) is 10.4 Å². The summed E-state index contributed by atoms with van der Waals surface area (Å²) in [5.74, 6) is -0.844. The van der Waals surface area contributed by atoms with Crippen molar-refractivity contribution in [2.45, 2.75) is 4.90 Å². The van der Waals surface area contributed by atoms with Crippen LogP contribution in [0.1, 0.15) is 10.4 Å². The third-order valence-corrected chi connectivity index (χ3v) is 6.61. The van der Waals surface area contributed by atoms with Gasteiger partial charge in [0.2, 0.25) is 0 Å². The monoisotopic (exact) mass is 474 g/mol. The lowest BCUT2D eigenvalue weighted by atomic mass is 10.2. The van der Waals surface area contributed by atoms with Gasteiger partial charge < -0.3 is 10.1 Å². The zero-order chi connectivity index (χ0) is 23.3. The number of nitrogens with zero attached hydrogens (tertiary/aromatic N) is 1. The van der Waals surface area contributed by atoms with Crippen molar-refractivity contribution in [3.8, 4) is 5.75 Å². The third kappa shape index (κ3) is 4.92. The van der Waals surface area contributed by atoms with E-state index in [2.05, 4.69) is 11.9 Å². The third-order valence-electron chi connectivity index (χ3n) is 4.50. The first-order valence-electron chi connectivity index (χ1n) is 9.41. The van der Waals surface area contributed by atoms with E-state index in [-0.39, 0.29) is 27.7 Å². The van der Waals surface area contributed by atoms with E-state index in [1.54, 1.807) is 24.3 Å². The van der Waals surface area contributed by atoms with Gasteiger partial charge in [0.25, 0.3) is 15.9 Å². The first kappa shape index (κ1) is 23.3. The van der Waals surface area contributed by atoms with Crippen LogP contribution in [-0.2, 0) is 10.0 Å². The van der Waals surface area contributed by atoms with Crippen LogP contribution in [0, 0.1) is 5.82 Å². The van der Waals surface area contributed by atoms with Crippen LogP contribution in [0.4, 0.5) is 15.8 Å². The fraction of sp³-hybridized carbons (Fsp3) is 0.0870. The van der Waals surface area contributed by atoms with E-state index in [4.69, 9.17) is 16.3 Å². The van der Waals surface area contributed by atoms with Crippen molar-refractivity contribution in [3.63, 3.8) is 0 Å². The molecule has 0 saturated heterocycles. The minimum absolute atomic E-state index is 0.0316. The van der Waals surface area contributed by atoms with Gasteiger partial charge in [0.1, 0.15) is 11.6 Å². The van der Waals surface area contributed by atoms with Crippen molar-refractivity contribution in [2.24, 2.45) is 0 Å². The molecule has 0 atom stereocenters. The Bertz CT molecular complexity index is 1260. The van der Waals surface area contributed by atoms with Crippen LogP contribution in [-0.4, -0.2) is 28.0 Å². The van der Waals surface area contributed by atoms with Crippen molar-refractivity contribution in [3.05, 3.63) is 95.8 Å². The molecule has 0 aliphatic rings. The Morgan fingerprint density at radius 3 is 2.59 bits per heavy atom. The Morgan fingerprint density at radius 2 is 1.91 bits per heavy atom. The largest absolute Gasteiger partial charge is 0.495 e. The van der Waals surface area contributed by atoms with E-state index < -0.39 is 21.7 Å². The van der Waals surface area contributed by atoms with Gasteiger partial charge in [-0.1, -0.05) is 35.9 Å². The highest BCUT2D eigenvalue weighted by atomic mass is 35.5. The lowest BCUT2D eigenvalue weighted by Gasteiger charge is -2.25. The number of sulfonamides is 1. The minimum Gasteiger partial charge on any atom is -0.495 e. The predicted octanol–water partition coefficient (Wildman–Crippen LogP) is 5.12. The summed E-state index contributed by atoms with van der Waals surface area (Å²) in [5.41, 5.74) is 0.452. The maximum atomic E-state index is 13.5. The average Bonchev–Trinajstić information content (AvgIpc) is 2.77. The van der Waals surface area contributed by atoms with E-state index in [1.807, 2.05) is 0 Å². The summed E-state index contributed by atoms with van der Waals surface area (Å²) in [6.07, 6.45) is 1.44. The molecule has 0 radical (unpaired) electrons. The van der Waals surface area contributed by atoms with Gasteiger partial charge in [0.15, 0.2) is 0 Å². The molecule has 3 aromatic rings. The van der Waals surface area contributed by atoms with Crippen molar-refractivity contribution in [1.29, 1.82) is 0 Å². The van der Waals surface area contributed by atoms with E-state index in [1.165, 1.54) is 49.6 Å². The topological polar surface area (TPSA) is 75.7 Å². The Morgan fingerprint density at radius 1 is 1.16 bits per heavy atom. The molecule has 3 rings (SSSR count). The summed E-state index contributed by atoms with van der Waals surface area (Å²) in [5, 5.41) is 2.56. The molecule has 32 heavy (non-hydrogen) atoms. The lowest BCUT2D eigenvalue weighted by Crippen LogP contribution is -2.31. The highest BCUT2D eigenvalue weighted by Crippen LogP contribution is 2.33. The highest BCUT2D eigenvalue weighted by molar-refractivity contribution is 7.92. The molecule has 0 aromatic heterocycles. The van der Waals surface area contributed by atoms with E-state index in [9.17, 15) is 17.6 Å². The molecule has 166 valence electrons.